The first-order valence-corrected chi connectivity index (χ1v) is 8.32. The first kappa shape index (κ1) is 18.8. The molecule has 0 fully saturated rings. The average molecular weight is 360 g/mol. The maximum absolute atomic E-state index is 11.9. The van der Waals surface area contributed by atoms with Crippen LogP contribution >= 0.6 is 11.6 Å². The van der Waals surface area contributed by atoms with Crippen molar-refractivity contribution >= 4 is 29.5 Å². The number of rotatable bonds is 5. The molecular formula is C19H22ClN3O2. The van der Waals surface area contributed by atoms with Gasteiger partial charge in [-0.25, -0.2) is 10.2 Å². The Kier molecular flexibility index (Phi) is 6.42. The summed E-state index contributed by atoms with van der Waals surface area (Å²) in [6, 6.07) is 10.4. The summed E-state index contributed by atoms with van der Waals surface area (Å²) in [5.41, 5.74) is 6.14. The molecule has 0 aliphatic carbocycles. The third-order valence-corrected chi connectivity index (χ3v) is 3.96. The molecule has 2 aromatic rings. The van der Waals surface area contributed by atoms with Crippen LogP contribution in [0.1, 0.15) is 36.5 Å². The third-order valence-electron chi connectivity index (χ3n) is 3.71. The van der Waals surface area contributed by atoms with Gasteiger partial charge in [0.2, 0.25) is 0 Å². The molecule has 0 aromatic heterocycles. The molecule has 2 N–H and O–H groups in total. The van der Waals surface area contributed by atoms with Gasteiger partial charge in [0.05, 0.1) is 13.3 Å². The van der Waals surface area contributed by atoms with Gasteiger partial charge in [-0.3, -0.25) is 0 Å². The largest absolute Gasteiger partial charge is 0.496 e. The van der Waals surface area contributed by atoms with Crippen LogP contribution in [0.5, 0.6) is 5.75 Å². The number of carbonyl (C=O) groups is 1. The van der Waals surface area contributed by atoms with Crippen molar-refractivity contribution in [3.63, 3.8) is 0 Å². The van der Waals surface area contributed by atoms with Gasteiger partial charge in [-0.05, 0) is 65.9 Å². The van der Waals surface area contributed by atoms with E-state index in [0.717, 1.165) is 22.4 Å². The van der Waals surface area contributed by atoms with E-state index in [0.29, 0.717) is 16.6 Å². The van der Waals surface area contributed by atoms with E-state index in [4.69, 9.17) is 16.3 Å². The normalized spacial score (nSPS) is 11.0. The van der Waals surface area contributed by atoms with Crippen LogP contribution in [0.25, 0.3) is 0 Å². The molecule has 5 nitrogen and oxygen atoms in total. The van der Waals surface area contributed by atoms with Crippen LogP contribution in [-0.4, -0.2) is 19.4 Å². The molecule has 0 atom stereocenters. The van der Waals surface area contributed by atoms with Crippen LogP contribution in [-0.2, 0) is 0 Å². The van der Waals surface area contributed by atoms with Gasteiger partial charge < -0.3 is 10.1 Å². The molecule has 0 spiro atoms. The SMILES string of the molecule is COc1cc(C)c(/C=N\NC(=O)Nc2ccc(Cl)cc2)cc1C(C)C. The maximum Gasteiger partial charge on any atom is 0.339 e. The summed E-state index contributed by atoms with van der Waals surface area (Å²) < 4.78 is 5.43. The smallest absolute Gasteiger partial charge is 0.339 e. The zero-order chi connectivity index (χ0) is 18.4. The minimum absolute atomic E-state index is 0.323. The van der Waals surface area contributed by atoms with Crippen LogP contribution < -0.4 is 15.5 Å². The lowest BCUT2D eigenvalue weighted by atomic mass is 9.97. The van der Waals surface area contributed by atoms with Gasteiger partial charge in [0, 0.05) is 10.7 Å². The monoisotopic (exact) mass is 359 g/mol. The number of halogens is 1. The second kappa shape index (κ2) is 8.53. The van der Waals surface area contributed by atoms with E-state index in [1.165, 1.54) is 0 Å². The lowest BCUT2D eigenvalue weighted by molar-refractivity contribution is 0.252. The van der Waals surface area contributed by atoms with Gasteiger partial charge in [-0.2, -0.15) is 5.10 Å². The highest BCUT2D eigenvalue weighted by atomic mass is 35.5. The molecule has 25 heavy (non-hydrogen) atoms. The Labute approximate surface area is 153 Å². The van der Waals surface area contributed by atoms with E-state index in [9.17, 15) is 4.79 Å². The number of ether oxygens (including phenoxy) is 1. The molecule has 0 radical (unpaired) electrons. The van der Waals surface area contributed by atoms with Crippen LogP contribution in [0.15, 0.2) is 41.5 Å². The number of nitrogens with one attached hydrogen (secondary N) is 2. The van der Waals surface area contributed by atoms with E-state index in [1.54, 1.807) is 37.6 Å². The van der Waals surface area contributed by atoms with Crippen LogP contribution in [0, 0.1) is 6.92 Å². The first-order valence-electron chi connectivity index (χ1n) is 7.95. The minimum Gasteiger partial charge on any atom is -0.496 e. The molecule has 0 aliphatic rings. The highest BCUT2D eigenvalue weighted by Crippen LogP contribution is 2.29. The number of amides is 2. The zero-order valence-electron chi connectivity index (χ0n) is 14.8. The number of aryl methyl sites for hydroxylation is 1. The molecule has 0 unspecified atom stereocenters. The number of hydrogen-bond donors (Lipinski definition) is 2. The molecule has 2 rings (SSSR count). The van der Waals surface area contributed by atoms with Gasteiger partial charge >= 0.3 is 6.03 Å². The number of hydrazone groups is 1. The first-order chi connectivity index (χ1) is 11.9. The standard InChI is InChI=1S/C19H22ClN3O2/c1-12(2)17-10-14(13(3)9-18(17)25-4)11-21-23-19(24)22-16-7-5-15(20)6-8-16/h5-12H,1-4H3,(H2,22,23,24)/b21-11-. The van der Waals surface area contributed by atoms with Crippen molar-refractivity contribution in [3.8, 4) is 5.75 Å². The lowest BCUT2D eigenvalue weighted by Crippen LogP contribution is -2.24. The number of urea groups is 1. The predicted molar refractivity (Wildman–Crippen MR) is 103 cm³/mol. The molecular weight excluding hydrogens is 338 g/mol. The molecule has 0 saturated carbocycles. The average Bonchev–Trinajstić information content (AvgIpc) is 2.57. The second-order valence-corrected chi connectivity index (χ2v) is 6.37. The molecule has 0 bridgehead atoms. The summed E-state index contributed by atoms with van der Waals surface area (Å²) in [7, 11) is 1.66. The fraction of sp³-hybridized carbons (Fsp3) is 0.263. The molecule has 2 amide bonds. The topological polar surface area (TPSA) is 62.7 Å². The van der Waals surface area contributed by atoms with Crippen molar-refractivity contribution in [2.45, 2.75) is 26.7 Å². The Balaban J connectivity index is 2.04. The Morgan fingerprint density at radius 2 is 1.92 bits per heavy atom. The fourth-order valence-corrected chi connectivity index (χ4v) is 2.46. The summed E-state index contributed by atoms with van der Waals surface area (Å²) in [4.78, 5) is 11.9. The number of nitrogens with zero attached hydrogens (tertiary/aromatic N) is 1. The van der Waals surface area contributed by atoms with Crippen molar-refractivity contribution in [2.24, 2.45) is 5.10 Å². The Bertz CT molecular complexity index is 771. The summed E-state index contributed by atoms with van der Waals surface area (Å²) in [6.45, 7) is 6.18. The Morgan fingerprint density at radius 3 is 2.52 bits per heavy atom. The van der Waals surface area contributed by atoms with E-state index in [-0.39, 0.29) is 0 Å². The van der Waals surface area contributed by atoms with Gasteiger partial charge in [-0.1, -0.05) is 25.4 Å². The zero-order valence-corrected chi connectivity index (χ0v) is 15.5. The summed E-state index contributed by atoms with van der Waals surface area (Å²) in [5.74, 6) is 1.18. The van der Waals surface area contributed by atoms with Gasteiger partial charge in [0.25, 0.3) is 0 Å². The summed E-state index contributed by atoms with van der Waals surface area (Å²) >= 11 is 5.81. The van der Waals surface area contributed by atoms with Crippen molar-refractivity contribution in [2.75, 3.05) is 12.4 Å². The Morgan fingerprint density at radius 1 is 1.24 bits per heavy atom. The van der Waals surface area contributed by atoms with Crippen LogP contribution in [0.2, 0.25) is 5.02 Å². The summed E-state index contributed by atoms with van der Waals surface area (Å²) in [5, 5.41) is 7.30. The number of benzene rings is 2. The highest BCUT2D eigenvalue weighted by molar-refractivity contribution is 6.30. The third kappa shape index (κ3) is 5.22. The lowest BCUT2D eigenvalue weighted by Gasteiger charge is -2.14. The molecule has 0 aliphatic heterocycles. The number of methoxy groups -OCH3 is 1. The van der Waals surface area contributed by atoms with Gasteiger partial charge in [0.1, 0.15) is 5.75 Å². The van der Waals surface area contributed by atoms with Crippen molar-refractivity contribution < 1.29 is 9.53 Å². The minimum atomic E-state index is -0.422. The second-order valence-electron chi connectivity index (χ2n) is 5.94. The van der Waals surface area contributed by atoms with Gasteiger partial charge in [-0.15, -0.1) is 0 Å². The molecule has 2 aromatic carbocycles. The van der Waals surface area contributed by atoms with E-state index < -0.39 is 6.03 Å². The summed E-state index contributed by atoms with van der Waals surface area (Å²) in [6.07, 6.45) is 1.63. The molecule has 132 valence electrons. The van der Waals surface area contributed by atoms with Gasteiger partial charge in [0.15, 0.2) is 0 Å². The molecule has 0 saturated heterocycles. The van der Waals surface area contributed by atoms with Crippen molar-refractivity contribution in [1.82, 2.24) is 5.43 Å². The fourth-order valence-electron chi connectivity index (χ4n) is 2.34. The van der Waals surface area contributed by atoms with E-state index >= 15 is 0 Å². The quantitative estimate of drug-likeness (QED) is 0.587. The van der Waals surface area contributed by atoms with E-state index in [2.05, 4.69) is 29.7 Å². The number of carbonyl (C=O) groups excluding carboxylic acids is 1. The van der Waals surface area contributed by atoms with Crippen LogP contribution in [0.3, 0.4) is 0 Å². The van der Waals surface area contributed by atoms with Crippen molar-refractivity contribution in [1.29, 1.82) is 0 Å². The van der Waals surface area contributed by atoms with Crippen LogP contribution in [0.4, 0.5) is 10.5 Å². The predicted octanol–water partition coefficient (Wildman–Crippen LogP) is 4.94. The highest BCUT2D eigenvalue weighted by Gasteiger charge is 2.10. The Hall–Kier alpha value is -2.53. The number of anilines is 1. The van der Waals surface area contributed by atoms with E-state index in [1.807, 2.05) is 19.1 Å². The molecule has 0 heterocycles. The number of hydrogen-bond acceptors (Lipinski definition) is 3. The maximum atomic E-state index is 11.9. The van der Waals surface area contributed by atoms with Crippen molar-refractivity contribution in [3.05, 3.63) is 58.1 Å². The molecule has 6 heteroatoms.